The molecule has 0 saturated heterocycles. The van der Waals surface area contributed by atoms with Gasteiger partial charge in [-0.15, -0.1) is 0 Å². The van der Waals surface area contributed by atoms with E-state index in [0.717, 1.165) is 32.8 Å². The van der Waals surface area contributed by atoms with Crippen LogP contribution in [0.2, 0.25) is 0 Å². The molecule has 2 N–H and O–H groups in total. The molecular weight excluding hydrogens is 278 g/mol. The van der Waals surface area contributed by atoms with Crippen molar-refractivity contribution in [2.75, 3.05) is 7.11 Å². The van der Waals surface area contributed by atoms with E-state index >= 15 is 0 Å². The fraction of sp³-hybridized carbons (Fsp3) is 0.385. The van der Waals surface area contributed by atoms with Gasteiger partial charge in [-0.2, -0.15) is 4.37 Å². The molecule has 1 aromatic heterocycles. The summed E-state index contributed by atoms with van der Waals surface area (Å²) in [5.74, 6) is 2.51. The first kappa shape index (κ1) is 14.3. The third-order valence-electron chi connectivity index (χ3n) is 2.69. The highest BCUT2D eigenvalue weighted by molar-refractivity contribution is 8.00. The SMILES string of the molecule is COc1ccc(C(C)N)cc1CSc1nc(C)ns1. The summed E-state index contributed by atoms with van der Waals surface area (Å²) in [4.78, 5) is 4.34. The number of rotatable bonds is 5. The van der Waals surface area contributed by atoms with Gasteiger partial charge in [0.25, 0.3) is 0 Å². The molecule has 102 valence electrons. The summed E-state index contributed by atoms with van der Waals surface area (Å²) in [7, 11) is 1.68. The van der Waals surface area contributed by atoms with Gasteiger partial charge in [-0.05, 0) is 43.1 Å². The predicted molar refractivity (Wildman–Crippen MR) is 79.8 cm³/mol. The quantitative estimate of drug-likeness (QED) is 0.859. The number of hydrogen-bond donors (Lipinski definition) is 1. The highest BCUT2D eigenvalue weighted by Gasteiger charge is 2.09. The Bertz CT molecular complexity index is 555. The molecule has 0 spiro atoms. The zero-order chi connectivity index (χ0) is 13.8. The van der Waals surface area contributed by atoms with Crippen LogP contribution in [-0.4, -0.2) is 16.5 Å². The van der Waals surface area contributed by atoms with Crippen molar-refractivity contribution in [1.82, 2.24) is 9.36 Å². The average Bonchev–Trinajstić information content (AvgIpc) is 2.81. The highest BCUT2D eigenvalue weighted by Crippen LogP contribution is 2.30. The van der Waals surface area contributed by atoms with Crippen LogP contribution in [0.25, 0.3) is 0 Å². The molecule has 0 bridgehead atoms. The number of aryl methyl sites for hydroxylation is 1. The summed E-state index contributed by atoms with van der Waals surface area (Å²) in [5.41, 5.74) is 8.17. The Hall–Kier alpha value is -1.11. The molecule has 0 amide bonds. The van der Waals surface area contributed by atoms with Crippen LogP contribution in [0.4, 0.5) is 0 Å². The van der Waals surface area contributed by atoms with Crippen molar-refractivity contribution >= 4 is 23.3 Å². The molecule has 2 rings (SSSR count). The molecule has 1 aromatic carbocycles. The van der Waals surface area contributed by atoms with Gasteiger partial charge in [0.05, 0.1) is 7.11 Å². The van der Waals surface area contributed by atoms with E-state index in [1.165, 1.54) is 11.5 Å². The molecule has 0 aliphatic heterocycles. The van der Waals surface area contributed by atoms with Crippen LogP contribution in [0, 0.1) is 6.92 Å². The smallest absolute Gasteiger partial charge is 0.170 e. The lowest BCUT2D eigenvalue weighted by Crippen LogP contribution is -2.05. The van der Waals surface area contributed by atoms with Crippen molar-refractivity contribution in [2.45, 2.75) is 30.0 Å². The average molecular weight is 295 g/mol. The summed E-state index contributed by atoms with van der Waals surface area (Å²) < 4.78 is 10.5. The molecule has 0 fully saturated rings. The van der Waals surface area contributed by atoms with Gasteiger partial charge in [0, 0.05) is 17.4 Å². The van der Waals surface area contributed by atoms with E-state index in [9.17, 15) is 0 Å². The minimum absolute atomic E-state index is 0.0263. The minimum Gasteiger partial charge on any atom is -0.496 e. The third-order valence-corrected chi connectivity index (χ3v) is 4.66. The van der Waals surface area contributed by atoms with Crippen LogP contribution in [0.5, 0.6) is 5.75 Å². The maximum atomic E-state index is 5.92. The van der Waals surface area contributed by atoms with Crippen molar-refractivity contribution in [3.63, 3.8) is 0 Å². The number of nitrogens with two attached hydrogens (primary N) is 1. The summed E-state index contributed by atoms with van der Waals surface area (Å²) in [5, 5.41) is 0. The van der Waals surface area contributed by atoms with Gasteiger partial charge in [-0.25, -0.2) is 4.98 Å². The molecule has 0 saturated carbocycles. The Morgan fingerprint density at radius 2 is 2.26 bits per heavy atom. The van der Waals surface area contributed by atoms with E-state index in [0.29, 0.717) is 0 Å². The van der Waals surface area contributed by atoms with Crippen molar-refractivity contribution in [1.29, 1.82) is 0 Å². The van der Waals surface area contributed by atoms with E-state index in [-0.39, 0.29) is 6.04 Å². The van der Waals surface area contributed by atoms with Crippen LogP contribution >= 0.6 is 23.3 Å². The first-order chi connectivity index (χ1) is 9.10. The molecule has 19 heavy (non-hydrogen) atoms. The molecule has 6 heteroatoms. The summed E-state index contributed by atoms with van der Waals surface area (Å²) in [6, 6.07) is 6.11. The van der Waals surface area contributed by atoms with Gasteiger partial charge in [0.1, 0.15) is 11.6 Å². The van der Waals surface area contributed by atoms with Crippen LogP contribution in [0.3, 0.4) is 0 Å². The van der Waals surface area contributed by atoms with E-state index in [1.807, 2.05) is 26.0 Å². The fourth-order valence-corrected chi connectivity index (χ4v) is 3.30. The second kappa shape index (κ2) is 6.36. The monoisotopic (exact) mass is 295 g/mol. The lowest BCUT2D eigenvalue weighted by molar-refractivity contribution is 0.411. The standard InChI is InChI=1S/C13H17N3OS2/c1-8(14)10-4-5-12(17-3)11(6-10)7-18-13-15-9(2)16-19-13/h4-6,8H,7,14H2,1-3H3. The molecule has 2 aromatic rings. The number of benzene rings is 1. The van der Waals surface area contributed by atoms with E-state index in [1.54, 1.807) is 18.9 Å². The van der Waals surface area contributed by atoms with Crippen molar-refractivity contribution < 1.29 is 4.74 Å². The van der Waals surface area contributed by atoms with Crippen molar-refractivity contribution in [3.8, 4) is 5.75 Å². The van der Waals surface area contributed by atoms with E-state index in [2.05, 4.69) is 15.4 Å². The summed E-state index contributed by atoms with van der Waals surface area (Å²) >= 11 is 3.10. The van der Waals surface area contributed by atoms with E-state index in [4.69, 9.17) is 10.5 Å². The zero-order valence-corrected chi connectivity index (χ0v) is 12.8. The Morgan fingerprint density at radius 3 is 2.84 bits per heavy atom. The summed E-state index contributed by atoms with van der Waals surface area (Å²) in [6.07, 6.45) is 0. The van der Waals surface area contributed by atoms with Gasteiger partial charge in [0.15, 0.2) is 4.34 Å². The number of methoxy groups -OCH3 is 1. The first-order valence-corrected chi connectivity index (χ1v) is 7.71. The third kappa shape index (κ3) is 3.68. The number of hydrogen-bond acceptors (Lipinski definition) is 6. The van der Waals surface area contributed by atoms with Gasteiger partial charge in [-0.1, -0.05) is 17.8 Å². The zero-order valence-electron chi connectivity index (χ0n) is 11.2. The molecule has 1 unspecified atom stereocenters. The normalized spacial score (nSPS) is 12.4. The molecule has 1 atom stereocenters. The lowest BCUT2D eigenvalue weighted by atomic mass is 10.1. The van der Waals surface area contributed by atoms with Crippen LogP contribution in [0.1, 0.15) is 29.9 Å². The first-order valence-electron chi connectivity index (χ1n) is 5.95. The Kier molecular flexibility index (Phi) is 4.79. The van der Waals surface area contributed by atoms with E-state index < -0.39 is 0 Å². The lowest BCUT2D eigenvalue weighted by Gasteiger charge is -2.12. The molecule has 4 nitrogen and oxygen atoms in total. The molecule has 1 heterocycles. The molecular formula is C13H17N3OS2. The number of thioether (sulfide) groups is 1. The topological polar surface area (TPSA) is 61.0 Å². The van der Waals surface area contributed by atoms with Crippen LogP contribution in [0.15, 0.2) is 22.5 Å². The van der Waals surface area contributed by atoms with Gasteiger partial charge in [0.2, 0.25) is 0 Å². The van der Waals surface area contributed by atoms with Gasteiger partial charge in [-0.3, -0.25) is 0 Å². The Balaban J connectivity index is 2.15. The minimum atomic E-state index is 0.0263. The highest BCUT2D eigenvalue weighted by atomic mass is 32.2. The summed E-state index contributed by atoms with van der Waals surface area (Å²) in [6.45, 7) is 3.88. The largest absolute Gasteiger partial charge is 0.496 e. The number of ether oxygens (including phenoxy) is 1. The fourth-order valence-electron chi connectivity index (χ4n) is 1.67. The van der Waals surface area contributed by atoms with Gasteiger partial charge < -0.3 is 10.5 Å². The van der Waals surface area contributed by atoms with Crippen molar-refractivity contribution in [3.05, 3.63) is 35.2 Å². The Morgan fingerprint density at radius 1 is 1.47 bits per heavy atom. The molecule has 0 radical (unpaired) electrons. The molecule has 0 aliphatic carbocycles. The van der Waals surface area contributed by atoms with Crippen LogP contribution < -0.4 is 10.5 Å². The number of nitrogens with zero attached hydrogens (tertiary/aromatic N) is 2. The maximum absolute atomic E-state index is 5.92. The second-order valence-corrected chi connectivity index (χ2v) is 6.23. The maximum Gasteiger partial charge on any atom is 0.170 e. The van der Waals surface area contributed by atoms with Gasteiger partial charge >= 0.3 is 0 Å². The Labute approximate surface area is 121 Å². The van der Waals surface area contributed by atoms with Crippen molar-refractivity contribution in [2.24, 2.45) is 5.73 Å². The predicted octanol–water partition coefficient (Wildman–Crippen LogP) is 3.17. The second-order valence-electron chi connectivity index (χ2n) is 4.26. The van der Waals surface area contributed by atoms with Crippen LogP contribution in [-0.2, 0) is 5.75 Å². The molecule has 0 aliphatic rings. The number of aromatic nitrogens is 2.